The Hall–Kier alpha value is -1.51. The number of benzene rings is 1. The molecule has 1 aromatic rings. The highest BCUT2D eigenvalue weighted by atomic mass is 16.7. The molecule has 0 aliphatic carbocycles. The molecule has 0 aliphatic rings. The highest BCUT2D eigenvalue weighted by Gasteiger charge is 2.17. The second-order valence-electron chi connectivity index (χ2n) is 5.09. The molecule has 0 aliphatic heterocycles. The molecule has 0 N–H and O–H groups in total. The Bertz CT molecular complexity index is 371. The summed E-state index contributed by atoms with van der Waals surface area (Å²) in [5.74, 6) is 1.71. The second kappa shape index (κ2) is 5.21. The van der Waals surface area contributed by atoms with Crippen molar-refractivity contribution in [2.75, 3.05) is 0 Å². The van der Waals surface area contributed by atoms with Gasteiger partial charge in [-0.3, -0.25) is 0 Å². The Balaban J connectivity index is 2.61. The molecule has 0 saturated heterocycles. The highest BCUT2D eigenvalue weighted by Crippen LogP contribution is 2.19. The van der Waals surface area contributed by atoms with Crippen molar-refractivity contribution in [3.05, 3.63) is 35.7 Å². The van der Waals surface area contributed by atoms with E-state index in [0.29, 0.717) is 5.75 Å². The zero-order valence-electron chi connectivity index (χ0n) is 11.0. The molecule has 0 heterocycles. The highest BCUT2D eigenvalue weighted by molar-refractivity contribution is 5.64. The van der Waals surface area contributed by atoms with Crippen molar-refractivity contribution in [2.24, 2.45) is 0 Å². The molecule has 0 spiro atoms. The lowest BCUT2D eigenvalue weighted by Crippen LogP contribution is -2.25. The van der Waals surface area contributed by atoms with Gasteiger partial charge >= 0.3 is 6.16 Å². The molecular formula is C14H19O3. The maximum atomic E-state index is 11.4. The monoisotopic (exact) mass is 235 g/mol. The first-order chi connectivity index (χ1) is 7.78. The normalized spacial score (nSPS) is 11.4. The van der Waals surface area contributed by atoms with Crippen LogP contribution in [0.4, 0.5) is 4.79 Å². The Morgan fingerprint density at radius 3 is 2.00 bits per heavy atom. The third kappa shape index (κ3) is 4.89. The van der Waals surface area contributed by atoms with Gasteiger partial charge in [0.05, 0.1) is 0 Å². The summed E-state index contributed by atoms with van der Waals surface area (Å²) in [6.07, 6.45) is -0.678. The van der Waals surface area contributed by atoms with Gasteiger partial charge in [0.25, 0.3) is 0 Å². The lowest BCUT2D eigenvalue weighted by atomic mass is 10.0. The van der Waals surface area contributed by atoms with Crippen molar-refractivity contribution in [2.45, 2.75) is 40.2 Å². The van der Waals surface area contributed by atoms with Gasteiger partial charge in [-0.25, -0.2) is 4.79 Å². The van der Waals surface area contributed by atoms with Crippen LogP contribution in [-0.2, 0) is 4.74 Å². The third-order valence-corrected chi connectivity index (χ3v) is 2.02. The van der Waals surface area contributed by atoms with E-state index in [2.05, 4.69) is 0 Å². The van der Waals surface area contributed by atoms with E-state index in [1.54, 1.807) is 32.9 Å². The Morgan fingerprint density at radius 2 is 1.59 bits per heavy atom. The van der Waals surface area contributed by atoms with E-state index >= 15 is 0 Å². The lowest BCUT2D eigenvalue weighted by molar-refractivity contribution is 0.0206. The van der Waals surface area contributed by atoms with Gasteiger partial charge in [0.15, 0.2) is 0 Å². The van der Waals surface area contributed by atoms with E-state index in [-0.39, 0.29) is 0 Å². The molecule has 1 rings (SSSR count). The van der Waals surface area contributed by atoms with Crippen LogP contribution in [0.2, 0.25) is 0 Å². The zero-order valence-corrected chi connectivity index (χ0v) is 11.0. The Labute approximate surface area is 103 Å². The summed E-state index contributed by atoms with van der Waals surface area (Å²) in [4.78, 5) is 11.4. The predicted octanol–water partition coefficient (Wildman–Crippen LogP) is 3.96. The fourth-order valence-corrected chi connectivity index (χ4v) is 1.22. The third-order valence-electron chi connectivity index (χ3n) is 2.02. The van der Waals surface area contributed by atoms with Crippen molar-refractivity contribution in [1.29, 1.82) is 0 Å². The standard InChI is InChI=1S/C14H19O3/c1-10(2)11-6-8-12(9-7-11)16-13(15)17-14(3,4)5/h6-9H,1-5H3. The summed E-state index contributed by atoms with van der Waals surface area (Å²) >= 11 is 0. The minimum absolute atomic E-state index is 0.490. The first-order valence-electron chi connectivity index (χ1n) is 5.59. The second-order valence-corrected chi connectivity index (χ2v) is 5.09. The topological polar surface area (TPSA) is 35.5 Å². The van der Waals surface area contributed by atoms with Gasteiger partial charge in [-0.1, -0.05) is 26.0 Å². The quantitative estimate of drug-likeness (QED) is 0.575. The van der Waals surface area contributed by atoms with Crippen LogP contribution in [-0.4, -0.2) is 11.8 Å². The molecule has 3 heteroatoms. The van der Waals surface area contributed by atoms with Gasteiger partial charge in [-0.05, 0) is 44.4 Å². The summed E-state index contributed by atoms with van der Waals surface area (Å²) in [5.41, 5.74) is 0.590. The van der Waals surface area contributed by atoms with Crippen molar-refractivity contribution in [1.82, 2.24) is 0 Å². The molecule has 93 valence electrons. The summed E-state index contributed by atoms with van der Waals surface area (Å²) in [5, 5.41) is 0. The SMILES string of the molecule is C[C](C)c1ccc(OC(=O)OC(C)(C)C)cc1. The summed E-state index contributed by atoms with van der Waals surface area (Å²) in [6.45, 7) is 9.46. The fraction of sp³-hybridized carbons (Fsp3) is 0.429. The lowest BCUT2D eigenvalue weighted by Gasteiger charge is -2.18. The van der Waals surface area contributed by atoms with Crippen LogP contribution in [0.1, 0.15) is 40.2 Å². The molecule has 0 bridgehead atoms. The predicted molar refractivity (Wildman–Crippen MR) is 67.0 cm³/mol. The van der Waals surface area contributed by atoms with Gasteiger partial charge in [0.2, 0.25) is 0 Å². The number of rotatable bonds is 2. The van der Waals surface area contributed by atoms with E-state index < -0.39 is 11.8 Å². The minimum atomic E-state index is -0.678. The molecule has 0 aromatic heterocycles. The first kappa shape index (κ1) is 13.6. The van der Waals surface area contributed by atoms with Crippen molar-refractivity contribution in [3.8, 4) is 5.75 Å². The van der Waals surface area contributed by atoms with Crippen molar-refractivity contribution in [3.63, 3.8) is 0 Å². The molecule has 17 heavy (non-hydrogen) atoms. The summed E-state index contributed by atoms with van der Waals surface area (Å²) < 4.78 is 10.1. The Kier molecular flexibility index (Phi) is 4.16. The van der Waals surface area contributed by atoms with Crippen LogP contribution in [0.15, 0.2) is 24.3 Å². The largest absolute Gasteiger partial charge is 0.514 e. The molecule has 3 nitrogen and oxygen atoms in total. The van der Waals surface area contributed by atoms with E-state index in [9.17, 15) is 4.79 Å². The Morgan fingerprint density at radius 1 is 1.06 bits per heavy atom. The van der Waals surface area contributed by atoms with Gasteiger partial charge in [0.1, 0.15) is 11.4 Å². The van der Waals surface area contributed by atoms with Gasteiger partial charge < -0.3 is 9.47 Å². The van der Waals surface area contributed by atoms with Gasteiger partial charge in [0, 0.05) is 0 Å². The molecule has 1 aromatic carbocycles. The van der Waals surface area contributed by atoms with Crippen LogP contribution < -0.4 is 4.74 Å². The van der Waals surface area contributed by atoms with E-state index in [0.717, 1.165) is 5.56 Å². The van der Waals surface area contributed by atoms with Gasteiger partial charge in [-0.15, -0.1) is 0 Å². The number of hydrogen-bond donors (Lipinski definition) is 0. The number of ether oxygens (including phenoxy) is 2. The smallest absolute Gasteiger partial charge is 0.428 e. The van der Waals surface area contributed by atoms with E-state index in [4.69, 9.17) is 9.47 Å². The van der Waals surface area contributed by atoms with Crippen molar-refractivity contribution < 1.29 is 14.3 Å². The average Bonchev–Trinajstić information content (AvgIpc) is 2.15. The maximum absolute atomic E-state index is 11.4. The molecule has 1 radical (unpaired) electrons. The van der Waals surface area contributed by atoms with Crippen LogP contribution in [0.25, 0.3) is 0 Å². The molecule has 0 unspecified atom stereocenters. The first-order valence-corrected chi connectivity index (χ1v) is 5.59. The maximum Gasteiger partial charge on any atom is 0.514 e. The fourth-order valence-electron chi connectivity index (χ4n) is 1.22. The van der Waals surface area contributed by atoms with Crippen LogP contribution in [0, 0.1) is 5.92 Å². The summed E-state index contributed by atoms with van der Waals surface area (Å²) in [7, 11) is 0. The number of hydrogen-bond acceptors (Lipinski definition) is 3. The molecule has 0 saturated carbocycles. The van der Waals surface area contributed by atoms with E-state index in [1.807, 2.05) is 26.0 Å². The zero-order chi connectivity index (χ0) is 13.1. The average molecular weight is 235 g/mol. The molecular weight excluding hydrogens is 216 g/mol. The molecule has 0 atom stereocenters. The number of carbonyl (C=O) groups is 1. The molecule has 0 amide bonds. The van der Waals surface area contributed by atoms with Crippen molar-refractivity contribution >= 4 is 6.16 Å². The van der Waals surface area contributed by atoms with Crippen LogP contribution >= 0.6 is 0 Å². The molecule has 0 fully saturated rings. The summed E-state index contributed by atoms with van der Waals surface area (Å²) in [6, 6.07) is 7.34. The van der Waals surface area contributed by atoms with Gasteiger partial charge in [-0.2, -0.15) is 0 Å². The van der Waals surface area contributed by atoms with Crippen LogP contribution in [0.3, 0.4) is 0 Å². The number of carbonyl (C=O) groups excluding carboxylic acids is 1. The van der Waals surface area contributed by atoms with Crippen LogP contribution in [0.5, 0.6) is 5.75 Å². The van der Waals surface area contributed by atoms with E-state index in [1.165, 1.54) is 5.92 Å². The minimum Gasteiger partial charge on any atom is -0.428 e.